The first kappa shape index (κ1) is 13.6. The van der Waals surface area contributed by atoms with Crippen LogP contribution in [0.25, 0.3) is 0 Å². The Kier molecular flexibility index (Phi) is 8.84. The first-order valence-electron chi connectivity index (χ1n) is 5.23. The van der Waals surface area contributed by atoms with Crippen LogP contribution in [0.15, 0.2) is 11.5 Å². The van der Waals surface area contributed by atoms with E-state index in [0.29, 0.717) is 6.61 Å². The van der Waals surface area contributed by atoms with Crippen molar-refractivity contribution < 1.29 is 9.53 Å². The first-order chi connectivity index (χ1) is 6.68. The molecule has 0 bridgehead atoms. The summed E-state index contributed by atoms with van der Waals surface area (Å²) in [6.45, 7) is 6.07. The molecule has 0 rings (SSSR count). The molecule has 0 N–H and O–H groups in total. The summed E-state index contributed by atoms with van der Waals surface area (Å²) >= 11 is 3.80. The Labute approximate surface area is 92.1 Å². The highest BCUT2D eigenvalue weighted by Gasteiger charge is 2.02. The van der Waals surface area contributed by atoms with Gasteiger partial charge in [-0.1, -0.05) is 45.6 Å². The van der Waals surface area contributed by atoms with Gasteiger partial charge >= 0.3 is 5.97 Å². The Morgan fingerprint density at radius 2 is 1.79 bits per heavy atom. The van der Waals surface area contributed by atoms with Gasteiger partial charge in [0.15, 0.2) is 0 Å². The van der Waals surface area contributed by atoms with Crippen molar-refractivity contribution >= 4 is 18.6 Å². The topological polar surface area (TPSA) is 26.3 Å². The Hall–Kier alpha value is -0.440. The number of esters is 1. The third-order valence-corrected chi connectivity index (χ3v) is 2.15. The molecule has 0 aromatic carbocycles. The summed E-state index contributed by atoms with van der Waals surface area (Å²) < 4.78 is 4.90. The molecule has 0 unspecified atom stereocenters. The highest BCUT2D eigenvalue weighted by Crippen LogP contribution is 2.06. The lowest BCUT2D eigenvalue weighted by atomic mass is 10.1. The van der Waals surface area contributed by atoms with Gasteiger partial charge in [-0.05, 0) is 6.42 Å². The molecule has 14 heavy (non-hydrogen) atoms. The zero-order valence-corrected chi connectivity index (χ0v) is 9.81. The predicted octanol–water partition coefficient (Wildman–Crippen LogP) is 3.33. The van der Waals surface area contributed by atoms with E-state index in [-0.39, 0.29) is 4.91 Å². The molecule has 0 radical (unpaired) electrons. The summed E-state index contributed by atoms with van der Waals surface area (Å²) in [5, 5.41) is 0. The molecule has 0 fully saturated rings. The molecule has 0 aliphatic heterocycles. The molecule has 0 saturated heterocycles. The minimum atomic E-state index is -0.401. The van der Waals surface area contributed by atoms with Crippen LogP contribution >= 0.6 is 12.6 Å². The normalized spacial score (nSPS) is 9.86. The predicted molar refractivity (Wildman–Crippen MR) is 62.5 cm³/mol. The SMILES string of the molecule is C=C(S)C(=O)OCCCCCCCC. The summed E-state index contributed by atoms with van der Waals surface area (Å²) in [6.07, 6.45) is 7.14. The Balaban J connectivity index is 3.13. The fourth-order valence-electron chi connectivity index (χ4n) is 1.13. The Bertz CT molecular complexity index is 178. The lowest BCUT2D eigenvalue weighted by Crippen LogP contribution is -2.04. The molecule has 0 atom stereocenters. The van der Waals surface area contributed by atoms with Crippen LogP contribution in [-0.4, -0.2) is 12.6 Å². The number of rotatable bonds is 8. The molecule has 0 spiro atoms. The monoisotopic (exact) mass is 216 g/mol. The summed E-state index contributed by atoms with van der Waals surface area (Å²) in [7, 11) is 0. The minimum Gasteiger partial charge on any atom is -0.462 e. The second-order valence-electron chi connectivity index (χ2n) is 3.35. The quantitative estimate of drug-likeness (QED) is 0.291. The average Bonchev–Trinajstić information content (AvgIpc) is 2.16. The zero-order valence-electron chi connectivity index (χ0n) is 8.92. The molecule has 0 aliphatic carbocycles. The van der Waals surface area contributed by atoms with Crippen LogP contribution in [0.5, 0.6) is 0 Å². The van der Waals surface area contributed by atoms with E-state index in [1.807, 2.05) is 0 Å². The first-order valence-corrected chi connectivity index (χ1v) is 5.68. The molecular weight excluding hydrogens is 196 g/mol. The lowest BCUT2D eigenvalue weighted by molar-refractivity contribution is -0.138. The maximum atomic E-state index is 10.9. The van der Waals surface area contributed by atoms with Crippen LogP contribution in [-0.2, 0) is 9.53 Å². The van der Waals surface area contributed by atoms with Crippen LogP contribution < -0.4 is 0 Å². The van der Waals surface area contributed by atoms with Crippen molar-refractivity contribution in [1.82, 2.24) is 0 Å². The summed E-state index contributed by atoms with van der Waals surface area (Å²) in [6, 6.07) is 0. The highest BCUT2D eigenvalue weighted by molar-refractivity contribution is 7.85. The van der Waals surface area contributed by atoms with E-state index < -0.39 is 5.97 Å². The van der Waals surface area contributed by atoms with Crippen LogP contribution in [0.1, 0.15) is 45.4 Å². The smallest absolute Gasteiger partial charge is 0.343 e. The summed E-state index contributed by atoms with van der Waals surface area (Å²) in [5.41, 5.74) is 0. The van der Waals surface area contributed by atoms with Crippen LogP contribution in [0, 0.1) is 0 Å². The molecule has 0 aliphatic rings. The third-order valence-electron chi connectivity index (χ3n) is 1.97. The molecule has 0 aromatic rings. The van der Waals surface area contributed by atoms with Gasteiger partial charge in [0.25, 0.3) is 0 Å². The Morgan fingerprint density at radius 3 is 2.36 bits per heavy atom. The number of thiol groups is 1. The number of hydrogen-bond acceptors (Lipinski definition) is 3. The second kappa shape index (κ2) is 9.13. The van der Waals surface area contributed by atoms with Gasteiger partial charge in [-0.3, -0.25) is 0 Å². The van der Waals surface area contributed by atoms with Crippen molar-refractivity contribution in [3.05, 3.63) is 11.5 Å². The van der Waals surface area contributed by atoms with Gasteiger partial charge in [0.2, 0.25) is 0 Å². The third kappa shape index (κ3) is 8.17. The van der Waals surface area contributed by atoms with Crippen LogP contribution in [0.2, 0.25) is 0 Å². The van der Waals surface area contributed by atoms with E-state index in [1.165, 1.54) is 25.7 Å². The fourth-order valence-corrected chi connectivity index (χ4v) is 1.20. The van der Waals surface area contributed by atoms with Gasteiger partial charge in [0.05, 0.1) is 11.5 Å². The van der Waals surface area contributed by atoms with E-state index in [0.717, 1.165) is 12.8 Å². The molecule has 0 amide bonds. The number of carbonyl (C=O) groups is 1. The zero-order chi connectivity index (χ0) is 10.8. The van der Waals surface area contributed by atoms with E-state index in [1.54, 1.807) is 0 Å². The van der Waals surface area contributed by atoms with Gasteiger partial charge in [0, 0.05) is 0 Å². The van der Waals surface area contributed by atoms with E-state index in [4.69, 9.17) is 4.74 Å². The van der Waals surface area contributed by atoms with Crippen LogP contribution in [0.4, 0.5) is 0 Å². The molecule has 2 nitrogen and oxygen atoms in total. The van der Waals surface area contributed by atoms with Crippen molar-refractivity contribution in [1.29, 1.82) is 0 Å². The number of ether oxygens (including phenoxy) is 1. The van der Waals surface area contributed by atoms with Crippen LogP contribution in [0.3, 0.4) is 0 Å². The van der Waals surface area contributed by atoms with Crippen molar-refractivity contribution in [3.63, 3.8) is 0 Å². The lowest BCUT2D eigenvalue weighted by Gasteiger charge is -2.03. The van der Waals surface area contributed by atoms with Crippen molar-refractivity contribution in [3.8, 4) is 0 Å². The van der Waals surface area contributed by atoms with Gasteiger partial charge in [0.1, 0.15) is 0 Å². The van der Waals surface area contributed by atoms with E-state index in [9.17, 15) is 4.79 Å². The van der Waals surface area contributed by atoms with Gasteiger partial charge in [-0.15, -0.1) is 12.6 Å². The largest absolute Gasteiger partial charge is 0.462 e. The standard InChI is InChI=1S/C11H20O2S/c1-3-4-5-6-7-8-9-13-11(12)10(2)14/h14H,2-9H2,1H3. The van der Waals surface area contributed by atoms with Crippen molar-refractivity contribution in [2.24, 2.45) is 0 Å². The molecule has 0 heterocycles. The molecule has 3 heteroatoms. The molecule has 82 valence electrons. The second-order valence-corrected chi connectivity index (χ2v) is 3.89. The molecule has 0 aromatic heterocycles. The van der Waals surface area contributed by atoms with Gasteiger partial charge in [-0.25, -0.2) is 4.79 Å². The number of hydrogen-bond donors (Lipinski definition) is 1. The highest BCUT2D eigenvalue weighted by atomic mass is 32.1. The number of carbonyl (C=O) groups excluding carboxylic acids is 1. The van der Waals surface area contributed by atoms with E-state index in [2.05, 4.69) is 26.1 Å². The summed E-state index contributed by atoms with van der Waals surface area (Å²) in [4.78, 5) is 11.1. The number of unbranched alkanes of at least 4 members (excludes halogenated alkanes) is 5. The maximum Gasteiger partial charge on any atom is 0.343 e. The Morgan fingerprint density at radius 1 is 1.21 bits per heavy atom. The molecule has 0 saturated carbocycles. The maximum absolute atomic E-state index is 10.9. The van der Waals surface area contributed by atoms with E-state index >= 15 is 0 Å². The van der Waals surface area contributed by atoms with Crippen molar-refractivity contribution in [2.75, 3.05) is 6.61 Å². The average molecular weight is 216 g/mol. The van der Waals surface area contributed by atoms with Gasteiger partial charge in [-0.2, -0.15) is 0 Å². The van der Waals surface area contributed by atoms with Gasteiger partial charge < -0.3 is 4.74 Å². The minimum absolute atomic E-state index is 0.177. The molecular formula is C11H20O2S. The fraction of sp³-hybridized carbons (Fsp3) is 0.727. The van der Waals surface area contributed by atoms with Crippen molar-refractivity contribution in [2.45, 2.75) is 45.4 Å². The summed E-state index contributed by atoms with van der Waals surface area (Å²) in [5.74, 6) is -0.401.